The number of anilines is 1. The van der Waals surface area contributed by atoms with Crippen LogP contribution in [0, 0.1) is 17.1 Å². The quantitative estimate of drug-likeness (QED) is 0.793. The molecule has 0 radical (unpaired) electrons. The van der Waals surface area contributed by atoms with Crippen LogP contribution in [0.5, 0.6) is 0 Å². The second-order valence-electron chi connectivity index (χ2n) is 7.01. The molecular formula is C22H22ClFN4O2. The van der Waals surface area contributed by atoms with Crippen LogP contribution in [0.25, 0.3) is 0 Å². The monoisotopic (exact) mass is 428 g/mol. The van der Waals surface area contributed by atoms with Gasteiger partial charge >= 0.3 is 0 Å². The lowest BCUT2D eigenvalue weighted by molar-refractivity contribution is -0.130. The van der Waals surface area contributed by atoms with Gasteiger partial charge in [-0.3, -0.25) is 9.59 Å². The van der Waals surface area contributed by atoms with Gasteiger partial charge in [0.2, 0.25) is 5.91 Å². The maximum absolute atomic E-state index is 13.1. The number of carbonyl (C=O) groups excluding carboxylic acids is 2. The van der Waals surface area contributed by atoms with Crippen LogP contribution in [0.4, 0.5) is 10.1 Å². The van der Waals surface area contributed by atoms with E-state index in [2.05, 4.69) is 16.3 Å². The molecule has 3 rings (SSSR count). The van der Waals surface area contributed by atoms with Crippen molar-refractivity contribution in [1.82, 2.24) is 10.2 Å². The Kier molecular flexibility index (Phi) is 7.26. The average Bonchev–Trinajstić information content (AvgIpc) is 3.00. The predicted molar refractivity (Wildman–Crippen MR) is 113 cm³/mol. The molecule has 0 saturated carbocycles. The lowest BCUT2D eigenvalue weighted by Gasteiger charge is -2.24. The third-order valence-electron chi connectivity index (χ3n) is 5.01. The molecule has 0 unspecified atom stereocenters. The standard InChI is InChI=1S/C22H22ClFN4O2/c23-20-14-17(24)4-7-19(20)22(30)26-9-8-21(29)28-11-1-10-27(12-13-28)18-5-2-16(15-25)3-6-18/h2-7,14H,1,8-13H2,(H,26,30). The fourth-order valence-corrected chi connectivity index (χ4v) is 3.63. The highest BCUT2D eigenvalue weighted by Crippen LogP contribution is 2.18. The van der Waals surface area contributed by atoms with Crippen molar-refractivity contribution in [2.75, 3.05) is 37.6 Å². The van der Waals surface area contributed by atoms with E-state index < -0.39 is 11.7 Å². The van der Waals surface area contributed by atoms with Crippen molar-refractivity contribution < 1.29 is 14.0 Å². The number of amides is 2. The molecule has 2 aromatic carbocycles. The Bertz CT molecular complexity index is 959. The molecule has 1 saturated heterocycles. The Morgan fingerprint density at radius 1 is 1.10 bits per heavy atom. The van der Waals surface area contributed by atoms with E-state index in [0.717, 1.165) is 24.7 Å². The molecule has 0 atom stereocenters. The first-order valence-corrected chi connectivity index (χ1v) is 10.1. The predicted octanol–water partition coefficient (Wildman–Crippen LogP) is 3.21. The fraction of sp³-hybridized carbons (Fsp3) is 0.318. The number of halogens is 2. The Balaban J connectivity index is 1.47. The second-order valence-corrected chi connectivity index (χ2v) is 7.42. The highest BCUT2D eigenvalue weighted by Gasteiger charge is 2.19. The van der Waals surface area contributed by atoms with Gasteiger partial charge in [0.25, 0.3) is 5.91 Å². The van der Waals surface area contributed by atoms with Crippen LogP contribution in [-0.4, -0.2) is 49.4 Å². The van der Waals surface area contributed by atoms with Crippen molar-refractivity contribution in [3.8, 4) is 6.07 Å². The SMILES string of the molecule is N#Cc1ccc(N2CCCN(C(=O)CCNC(=O)c3ccc(F)cc3Cl)CC2)cc1. The van der Waals surface area contributed by atoms with E-state index in [4.69, 9.17) is 16.9 Å². The second kappa shape index (κ2) is 10.1. The number of nitrogens with zero attached hydrogens (tertiary/aromatic N) is 3. The van der Waals surface area contributed by atoms with Crippen molar-refractivity contribution >= 4 is 29.1 Å². The van der Waals surface area contributed by atoms with Crippen LogP contribution in [0.15, 0.2) is 42.5 Å². The zero-order valence-corrected chi connectivity index (χ0v) is 17.2. The van der Waals surface area contributed by atoms with Crippen LogP contribution < -0.4 is 10.2 Å². The zero-order valence-electron chi connectivity index (χ0n) is 16.4. The Labute approximate surface area is 179 Å². The van der Waals surface area contributed by atoms with Gasteiger partial charge in [-0.15, -0.1) is 0 Å². The first-order valence-electron chi connectivity index (χ1n) is 9.74. The number of carbonyl (C=O) groups is 2. The molecule has 1 aliphatic rings. The molecule has 30 heavy (non-hydrogen) atoms. The minimum Gasteiger partial charge on any atom is -0.370 e. The molecule has 6 nitrogen and oxygen atoms in total. The number of nitrogens with one attached hydrogen (secondary N) is 1. The maximum atomic E-state index is 13.1. The molecule has 0 aliphatic carbocycles. The molecular weight excluding hydrogens is 407 g/mol. The Morgan fingerprint density at radius 2 is 1.87 bits per heavy atom. The van der Waals surface area contributed by atoms with Crippen LogP contribution in [-0.2, 0) is 4.79 Å². The average molecular weight is 429 g/mol. The summed E-state index contributed by atoms with van der Waals surface area (Å²) >= 11 is 5.89. The third kappa shape index (κ3) is 5.49. The molecule has 2 aromatic rings. The van der Waals surface area contributed by atoms with Gasteiger partial charge in [0.15, 0.2) is 0 Å². The van der Waals surface area contributed by atoms with Crippen molar-refractivity contribution in [2.45, 2.75) is 12.8 Å². The van der Waals surface area contributed by atoms with Gasteiger partial charge in [-0.2, -0.15) is 5.26 Å². The summed E-state index contributed by atoms with van der Waals surface area (Å²) in [5.74, 6) is -0.971. The van der Waals surface area contributed by atoms with Gasteiger partial charge in [0.1, 0.15) is 5.82 Å². The number of hydrogen-bond donors (Lipinski definition) is 1. The number of nitriles is 1. The van der Waals surface area contributed by atoms with E-state index in [9.17, 15) is 14.0 Å². The van der Waals surface area contributed by atoms with E-state index in [1.165, 1.54) is 12.1 Å². The van der Waals surface area contributed by atoms with Crippen molar-refractivity contribution in [3.63, 3.8) is 0 Å². The van der Waals surface area contributed by atoms with Gasteiger partial charge in [-0.25, -0.2) is 4.39 Å². The lowest BCUT2D eigenvalue weighted by atomic mass is 10.2. The topological polar surface area (TPSA) is 76.4 Å². The van der Waals surface area contributed by atoms with Crippen LogP contribution in [0.3, 0.4) is 0 Å². The molecule has 1 heterocycles. The minimum atomic E-state index is -0.511. The highest BCUT2D eigenvalue weighted by molar-refractivity contribution is 6.33. The summed E-state index contributed by atoms with van der Waals surface area (Å²) in [6.07, 6.45) is 1.02. The van der Waals surface area contributed by atoms with Crippen LogP contribution >= 0.6 is 11.6 Å². The van der Waals surface area contributed by atoms with Crippen molar-refractivity contribution in [1.29, 1.82) is 5.26 Å². The third-order valence-corrected chi connectivity index (χ3v) is 5.32. The van der Waals surface area contributed by atoms with Crippen LogP contribution in [0.1, 0.15) is 28.8 Å². The number of rotatable bonds is 5. The summed E-state index contributed by atoms with van der Waals surface area (Å²) in [5.41, 5.74) is 1.83. The largest absolute Gasteiger partial charge is 0.370 e. The Hall–Kier alpha value is -3.11. The maximum Gasteiger partial charge on any atom is 0.252 e. The minimum absolute atomic E-state index is 0.0258. The van der Waals surface area contributed by atoms with E-state index in [-0.39, 0.29) is 29.5 Å². The van der Waals surface area contributed by atoms with Gasteiger partial charge in [0, 0.05) is 44.8 Å². The van der Waals surface area contributed by atoms with E-state index in [1.807, 2.05) is 12.1 Å². The van der Waals surface area contributed by atoms with Gasteiger partial charge in [-0.05, 0) is 48.9 Å². The van der Waals surface area contributed by atoms with E-state index in [0.29, 0.717) is 25.2 Å². The van der Waals surface area contributed by atoms with Crippen molar-refractivity contribution in [3.05, 3.63) is 64.4 Å². The highest BCUT2D eigenvalue weighted by atomic mass is 35.5. The summed E-state index contributed by atoms with van der Waals surface area (Å²) in [4.78, 5) is 28.7. The molecule has 0 bridgehead atoms. The first-order chi connectivity index (χ1) is 14.5. The summed E-state index contributed by atoms with van der Waals surface area (Å²) in [6, 6.07) is 13.1. The summed E-state index contributed by atoms with van der Waals surface area (Å²) < 4.78 is 13.1. The lowest BCUT2D eigenvalue weighted by Crippen LogP contribution is -2.37. The normalized spacial score (nSPS) is 14.0. The molecule has 0 aromatic heterocycles. The number of hydrogen-bond acceptors (Lipinski definition) is 4. The smallest absolute Gasteiger partial charge is 0.252 e. The zero-order chi connectivity index (χ0) is 21.5. The van der Waals surface area contributed by atoms with Gasteiger partial charge < -0.3 is 15.1 Å². The van der Waals surface area contributed by atoms with E-state index in [1.54, 1.807) is 17.0 Å². The molecule has 2 amide bonds. The summed E-state index contributed by atoms with van der Waals surface area (Å²) in [6.45, 7) is 2.96. The molecule has 1 fully saturated rings. The fourth-order valence-electron chi connectivity index (χ4n) is 3.38. The van der Waals surface area contributed by atoms with Gasteiger partial charge in [0.05, 0.1) is 22.2 Å². The molecule has 0 spiro atoms. The summed E-state index contributed by atoms with van der Waals surface area (Å²) in [7, 11) is 0. The van der Waals surface area contributed by atoms with Crippen molar-refractivity contribution in [2.24, 2.45) is 0 Å². The molecule has 8 heteroatoms. The molecule has 1 N–H and O–H groups in total. The van der Waals surface area contributed by atoms with Crippen LogP contribution in [0.2, 0.25) is 5.02 Å². The molecule has 156 valence electrons. The molecule has 1 aliphatic heterocycles. The summed E-state index contributed by atoms with van der Waals surface area (Å²) in [5, 5.41) is 11.6. The van der Waals surface area contributed by atoms with Gasteiger partial charge in [-0.1, -0.05) is 11.6 Å². The number of benzene rings is 2. The van der Waals surface area contributed by atoms with E-state index >= 15 is 0 Å². The first kappa shape index (κ1) is 21.6. The Morgan fingerprint density at radius 3 is 2.57 bits per heavy atom.